The molecule has 0 saturated heterocycles. The predicted molar refractivity (Wildman–Crippen MR) is 8.99 cm³/mol. The standard InChI is InChI=1S/Co.Cu.Fe.Ni.H2S/h;;;;1H2/q;;+1;;/p-1. The van der Waals surface area contributed by atoms with Crippen LogP contribution < -0.4 is 0 Å². The molecule has 0 heterocycles. The molecule has 0 spiro atoms. The van der Waals surface area contributed by atoms with Gasteiger partial charge in [-0.25, -0.2) is 0 Å². The molecule has 0 aromatic heterocycles. The Morgan fingerprint density at radius 1 is 1.20 bits per heavy atom. The topological polar surface area (TPSA) is 0 Å². The molecule has 0 nitrogen and oxygen atoms in total. The molecule has 0 aromatic carbocycles. The maximum atomic E-state index is 3.28. The van der Waals surface area contributed by atoms with Gasteiger partial charge in [0.15, 0.2) is 0 Å². The molecule has 5 heteroatoms. The van der Waals surface area contributed by atoms with Crippen LogP contribution in [0.5, 0.6) is 0 Å². The first-order chi connectivity index (χ1) is 1.00. The Morgan fingerprint density at radius 3 is 1.20 bits per heavy atom. The summed E-state index contributed by atoms with van der Waals surface area (Å²) in [6.07, 6.45) is 0. The molecule has 0 N–H and O–H groups in total. The number of hydrogen-bond acceptors (Lipinski definition) is 1. The van der Waals surface area contributed by atoms with E-state index >= 15 is 0 Å². The third kappa shape index (κ3) is 21.6. The van der Waals surface area contributed by atoms with Crippen molar-refractivity contribution >= 4 is 11.0 Å². The zero-order valence-corrected chi connectivity index (χ0v) is 6.72. The van der Waals surface area contributed by atoms with Gasteiger partial charge in [-0.05, 0) is 0 Å². The van der Waals surface area contributed by atoms with Crippen molar-refractivity contribution in [2.45, 2.75) is 0 Å². The van der Waals surface area contributed by atoms with Gasteiger partial charge in [-0.1, -0.05) is 0 Å². The first kappa shape index (κ1) is 26.3. The predicted octanol–water partition coefficient (Wildman–Crippen LogP) is 0.371. The van der Waals surface area contributed by atoms with Crippen molar-refractivity contribution in [2.24, 2.45) is 0 Å². The normalized spacial score (nSPS) is 1.20. The van der Waals surface area contributed by atoms with Gasteiger partial charge in [0, 0.05) is 50.3 Å². The van der Waals surface area contributed by atoms with Gasteiger partial charge in [-0.2, -0.15) is 0 Å². The van der Waals surface area contributed by atoms with Gasteiger partial charge in [-0.15, -0.1) is 0 Å². The van der Waals surface area contributed by atoms with E-state index in [1.807, 2.05) is 0 Å². The Balaban J connectivity index is -0.00000000167. The molecular weight excluding hydrogens is 269 g/mol. The second-order valence-electron chi connectivity index (χ2n) is 0. The fourth-order valence-electron chi connectivity index (χ4n) is 0. The Labute approximate surface area is 75.5 Å². The Kier molecular flexibility index (Phi) is 171. The quantitative estimate of drug-likeness (QED) is 0.477. The Bertz CT molecular complexity index is 11.6. The van der Waals surface area contributed by atoms with Crippen molar-refractivity contribution in [3.05, 3.63) is 0 Å². The van der Waals surface area contributed by atoms with Gasteiger partial charge in [-0.3, -0.25) is 0 Å². The van der Waals surface area contributed by atoms with Crippen molar-refractivity contribution in [1.82, 2.24) is 0 Å². The second kappa shape index (κ2) is 32.5. The SMILES string of the molecule is [Co].[Cu].[Ni].[SH][Fe]. The molecule has 0 aliphatic heterocycles. The summed E-state index contributed by atoms with van der Waals surface area (Å²) in [5.74, 6) is 0. The van der Waals surface area contributed by atoms with Crippen molar-refractivity contribution in [3.63, 3.8) is 0 Å². The molecule has 0 fully saturated rings. The molecule has 2 radical (unpaired) electrons. The van der Waals surface area contributed by atoms with E-state index in [4.69, 9.17) is 0 Å². The van der Waals surface area contributed by atoms with Gasteiger partial charge in [0.1, 0.15) is 0 Å². The first-order valence-corrected chi connectivity index (χ1v) is 1.96. The van der Waals surface area contributed by atoms with E-state index < -0.39 is 0 Å². The Hall–Kier alpha value is 2.39. The molecule has 0 bridgehead atoms. The van der Waals surface area contributed by atoms with E-state index in [9.17, 15) is 0 Å². The van der Waals surface area contributed by atoms with E-state index in [-0.39, 0.29) is 50.3 Å². The van der Waals surface area contributed by atoms with Crippen molar-refractivity contribution in [2.75, 3.05) is 0 Å². The maximum absolute atomic E-state index is 3.28. The van der Waals surface area contributed by atoms with Gasteiger partial charge < -0.3 is 0 Å². The fraction of sp³-hybridized carbons (Fsp3) is 0. The minimum atomic E-state index is 0. The monoisotopic (exact) mass is 269 g/mol. The summed E-state index contributed by atoms with van der Waals surface area (Å²) in [4.78, 5) is 0. The molecule has 0 saturated carbocycles. The molecule has 0 aliphatic rings. The summed E-state index contributed by atoms with van der Waals surface area (Å²) < 4.78 is 0. The first-order valence-electron chi connectivity index (χ1n) is 0.158. The van der Waals surface area contributed by atoms with Gasteiger partial charge >= 0.3 is 25.9 Å². The van der Waals surface area contributed by atoms with E-state index in [0.717, 1.165) is 0 Å². The number of hydrogen-bond donors (Lipinski definition) is 1. The van der Waals surface area contributed by atoms with E-state index in [2.05, 4.69) is 25.9 Å². The van der Waals surface area contributed by atoms with Crippen LogP contribution in [0.25, 0.3) is 0 Å². The Morgan fingerprint density at radius 2 is 1.20 bits per heavy atom. The van der Waals surface area contributed by atoms with Crippen LogP contribution >= 0.6 is 11.0 Å². The zero-order valence-electron chi connectivity index (χ0n) is 1.75. The molecule has 5 heavy (non-hydrogen) atoms. The van der Waals surface area contributed by atoms with Gasteiger partial charge in [0.25, 0.3) is 0 Å². The van der Waals surface area contributed by atoms with E-state index in [1.54, 1.807) is 0 Å². The van der Waals surface area contributed by atoms with Gasteiger partial charge in [0.05, 0.1) is 0 Å². The van der Waals surface area contributed by atoms with E-state index in [0.29, 0.717) is 0 Å². The summed E-state index contributed by atoms with van der Waals surface area (Å²) in [5, 5.41) is 0. The average molecular weight is 270 g/mol. The molecule has 0 aliphatic carbocycles. The van der Waals surface area contributed by atoms with Gasteiger partial charge in [0.2, 0.25) is 0 Å². The van der Waals surface area contributed by atoms with Crippen LogP contribution in [0, 0.1) is 0 Å². The molecule has 0 rings (SSSR count). The summed E-state index contributed by atoms with van der Waals surface area (Å²) in [6.45, 7) is 0. The summed E-state index contributed by atoms with van der Waals surface area (Å²) in [7, 11) is 0. The summed E-state index contributed by atoms with van der Waals surface area (Å²) in [5.41, 5.74) is 0. The van der Waals surface area contributed by atoms with Crippen molar-refractivity contribution < 1.29 is 65.2 Å². The van der Waals surface area contributed by atoms with Crippen molar-refractivity contribution in [3.8, 4) is 0 Å². The van der Waals surface area contributed by atoms with Crippen LogP contribution in [-0.2, 0) is 65.2 Å². The third-order valence-corrected chi connectivity index (χ3v) is 0. The van der Waals surface area contributed by atoms with Crippen LogP contribution in [0.15, 0.2) is 0 Å². The number of rotatable bonds is 0. The second-order valence-corrected chi connectivity index (χ2v) is 0. The molecule has 0 unspecified atom stereocenters. The van der Waals surface area contributed by atoms with Crippen LogP contribution in [0.4, 0.5) is 0 Å². The molecule has 0 aromatic rings. The van der Waals surface area contributed by atoms with Crippen molar-refractivity contribution in [1.29, 1.82) is 0 Å². The average Bonchev–Trinajstić information content (AvgIpc) is 1.00. The molecule has 45 valence electrons. The van der Waals surface area contributed by atoms with Crippen LogP contribution in [0.2, 0.25) is 0 Å². The summed E-state index contributed by atoms with van der Waals surface area (Å²) >= 11 is 6.22. The van der Waals surface area contributed by atoms with E-state index in [1.165, 1.54) is 0 Å². The number of thiol groups is 1. The molecular formula is HCoCuFeNiS. The summed E-state index contributed by atoms with van der Waals surface area (Å²) in [6, 6.07) is 0. The zero-order chi connectivity index (χ0) is 2.00. The minimum absolute atomic E-state index is 0. The fourth-order valence-corrected chi connectivity index (χ4v) is 0. The third-order valence-electron chi connectivity index (χ3n) is 0. The van der Waals surface area contributed by atoms with Crippen LogP contribution in [-0.4, -0.2) is 0 Å². The van der Waals surface area contributed by atoms with Crippen LogP contribution in [0.3, 0.4) is 0 Å². The molecule has 0 atom stereocenters. The van der Waals surface area contributed by atoms with Crippen LogP contribution in [0.1, 0.15) is 0 Å². The molecule has 0 amide bonds.